The third kappa shape index (κ3) is 8.40. The number of nitrogens with one attached hydrogen (secondary N) is 1. The predicted molar refractivity (Wildman–Crippen MR) is 132 cm³/mol. The van der Waals surface area contributed by atoms with Crippen molar-refractivity contribution in [2.45, 2.75) is 45.5 Å². The summed E-state index contributed by atoms with van der Waals surface area (Å²) in [5.74, 6) is 1.11. The number of halogens is 2. The van der Waals surface area contributed by atoms with Crippen LogP contribution in [0.4, 0.5) is 0 Å². The minimum atomic E-state index is -0.503. The number of rotatable bonds is 11. The van der Waals surface area contributed by atoms with Crippen molar-refractivity contribution in [2.24, 2.45) is 5.92 Å². The van der Waals surface area contributed by atoms with Crippen LogP contribution in [0.1, 0.15) is 38.3 Å². The smallest absolute Gasteiger partial charge is 0.242 e. The van der Waals surface area contributed by atoms with Crippen LogP contribution in [0.2, 0.25) is 10.0 Å². The minimum absolute atomic E-state index is 0.0551. The molecule has 2 aromatic carbocycles. The highest BCUT2D eigenvalue weighted by Crippen LogP contribution is 2.25. The van der Waals surface area contributed by atoms with Gasteiger partial charge in [-0.25, -0.2) is 0 Å². The Bertz CT molecular complexity index is 862. The van der Waals surface area contributed by atoms with Gasteiger partial charge in [-0.1, -0.05) is 80.4 Å². The third-order valence-electron chi connectivity index (χ3n) is 4.74. The van der Waals surface area contributed by atoms with Gasteiger partial charge < -0.3 is 10.2 Å². The van der Waals surface area contributed by atoms with Crippen molar-refractivity contribution in [2.75, 3.05) is 12.3 Å². The van der Waals surface area contributed by atoms with Crippen LogP contribution in [0.15, 0.2) is 48.5 Å². The fourth-order valence-corrected chi connectivity index (χ4v) is 4.27. The van der Waals surface area contributed by atoms with E-state index in [2.05, 4.69) is 5.32 Å². The van der Waals surface area contributed by atoms with Gasteiger partial charge in [-0.2, -0.15) is 0 Å². The molecule has 0 aliphatic carbocycles. The maximum Gasteiger partial charge on any atom is 0.242 e. The summed E-state index contributed by atoms with van der Waals surface area (Å²) in [7, 11) is 0. The number of hydrogen-bond acceptors (Lipinski definition) is 3. The van der Waals surface area contributed by atoms with Crippen molar-refractivity contribution in [3.63, 3.8) is 0 Å². The summed E-state index contributed by atoms with van der Waals surface area (Å²) < 4.78 is 0. The number of carbonyl (C=O) groups is 2. The molecule has 1 atom stereocenters. The van der Waals surface area contributed by atoms with Crippen LogP contribution in [-0.4, -0.2) is 35.1 Å². The second-order valence-corrected chi connectivity index (χ2v) is 9.61. The zero-order chi connectivity index (χ0) is 22.8. The van der Waals surface area contributed by atoms with Crippen molar-refractivity contribution in [3.8, 4) is 0 Å². The third-order valence-corrected chi connectivity index (χ3v) is 6.47. The van der Waals surface area contributed by atoms with Crippen LogP contribution < -0.4 is 5.32 Å². The first-order valence-electron chi connectivity index (χ1n) is 10.4. The Hall–Kier alpha value is -1.69. The van der Waals surface area contributed by atoms with Gasteiger partial charge in [0, 0.05) is 18.8 Å². The molecule has 168 valence electrons. The second kappa shape index (κ2) is 13.0. The van der Waals surface area contributed by atoms with Crippen molar-refractivity contribution in [3.05, 3.63) is 69.7 Å². The summed E-state index contributed by atoms with van der Waals surface area (Å²) in [5.41, 5.74) is 2.00. The van der Waals surface area contributed by atoms with E-state index in [-0.39, 0.29) is 17.6 Å². The lowest BCUT2D eigenvalue weighted by Crippen LogP contribution is -2.50. The second-order valence-electron chi connectivity index (χ2n) is 7.81. The molecule has 4 nitrogen and oxygen atoms in total. The summed E-state index contributed by atoms with van der Waals surface area (Å²) in [6, 6.07) is 14.7. The standard InChI is InChI=1S/C24H30Cl2N2O2S/c1-4-22(24(30)27-13-17(2)3)28(14-18-8-6-5-7-9-18)23(29)16-31-15-19-10-11-20(25)21(26)12-19/h5-12,17,22H,4,13-16H2,1-3H3,(H,27,30)/t22-/m1/s1. The molecule has 31 heavy (non-hydrogen) atoms. The van der Waals surface area contributed by atoms with E-state index in [0.29, 0.717) is 41.2 Å². The molecule has 0 fully saturated rings. The van der Waals surface area contributed by atoms with Crippen LogP contribution in [0, 0.1) is 5.92 Å². The molecule has 2 rings (SSSR count). The van der Waals surface area contributed by atoms with E-state index < -0.39 is 6.04 Å². The molecule has 0 aliphatic rings. The Kier molecular flexibility index (Phi) is 10.7. The normalized spacial score (nSPS) is 11.9. The van der Waals surface area contributed by atoms with Gasteiger partial charge in [-0.15, -0.1) is 11.8 Å². The maximum atomic E-state index is 13.2. The van der Waals surface area contributed by atoms with Crippen LogP contribution in [-0.2, 0) is 21.9 Å². The molecule has 7 heteroatoms. The number of benzene rings is 2. The quantitative estimate of drug-likeness (QED) is 0.441. The number of thioether (sulfide) groups is 1. The molecule has 0 spiro atoms. The van der Waals surface area contributed by atoms with E-state index in [4.69, 9.17) is 23.2 Å². The largest absolute Gasteiger partial charge is 0.354 e. The van der Waals surface area contributed by atoms with Crippen LogP contribution >= 0.6 is 35.0 Å². The van der Waals surface area contributed by atoms with Gasteiger partial charge in [0.25, 0.3) is 0 Å². The van der Waals surface area contributed by atoms with Gasteiger partial charge in [0.1, 0.15) is 6.04 Å². The van der Waals surface area contributed by atoms with Crippen molar-refractivity contribution in [1.29, 1.82) is 0 Å². The lowest BCUT2D eigenvalue weighted by Gasteiger charge is -2.31. The number of carbonyl (C=O) groups excluding carboxylic acids is 2. The van der Waals surface area contributed by atoms with Gasteiger partial charge in [0.15, 0.2) is 0 Å². The number of nitrogens with zero attached hydrogens (tertiary/aromatic N) is 1. The van der Waals surface area contributed by atoms with Crippen molar-refractivity contribution >= 4 is 46.8 Å². The number of hydrogen-bond donors (Lipinski definition) is 1. The van der Waals surface area contributed by atoms with E-state index in [1.165, 1.54) is 11.8 Å². The summed E-state index contributed by atoms with van der Waals surface area (Å²) in [5, 5.41) is 4.00. The van der Waals surface area contributed by atoms with E-state index in [1.54, 1.807) is 11.0 Å². The summed E-state index contributed by atoms with van der Waals surface area (Å²) in [6.45, 7) is 7.03. The van der Waals surface area contributed by atoms with E-state index in [1.807, 2.05) is 63.2 Å². The van der Waals surface area contributed by atoms with Gasteiger partial charge in [0.2, 0.25) is 11.8 Å². The summed E-state index contributed by atoms with van der Waals surface area (Å²) >= 11 is 13.6. The fraction of sp³-hybridized carbons (Fsp3) is 0.417. The molecular formula is C24H30Cl2N2O2S. The van der Waals surface area contributed by atoms with Gasteiger partial charge >= 0.3 is 0 Å². The van der Waals surface area contributed by atoms with Gasteiger partial charge in [-0.3, -0.25) is 9.59 Å². The molecule has 0 unspecified atom stereocenters. The molecule has 2 aromatic rings. The van der Waals surface area contributed by atoms with Crippen LogP contribution in [0.5, 0.6) is 0 Å². The molecule has 0 aliphatic heterocycles. The van der Waals surface area contributed by atoms with Crippen LogP contribution in [0.3, 0.4) is 0 Å². The maximum absolute atomic E-state index is 13.2. The molecule has 2 amide bonds. The lowest BCUT2D eigenvalue weighted by atomic mass is 10.1. The zero-order valence-corrected chi connectivity index (χ0v) is 20.6. The Morgan fingerprint density at radius 1 is 1.03 bits per heavy atom. The first-order valence-corrected chi connectivity index (χ1v) is 12.4. The van der Waals surface area contributed by atoms with Crippen molar-refractivity contribution in [1.82, 2.24) is 10.2 Å². The van der Waals surface area contributed by atoms with E-state index >= 15 is 0 Å². The van der Waals surface area contributed by atoms with Gasteiger partial charge in [-0.05, 0) is 35.6 Å². The van der Waals surface area contributed by atoms with Crippen molar-refractivity contribution < 1.29 is 9.59 Å². The Morgan fingerprint density at radius 3 is 2.35 bits per heavy atom. The average Bonchev–Trinajstić information content (AvgIpc) is 2.75. The molecule has 1 N–H and O–H groups in total. The molecular weight excluding hydrogens is 451 g/mol. The lowest BCUT2D eigenvalue weighted by molar-refractivity contribution is -0.139. The Labute approximate surface area is 199 Å². The molecule has 0 aromatic heterocycles. The highest BCUT2D eigenvalue weighted by atomic mass is 35.5. The van der Waals surface area contributed by atoms with E-state index in [0.717, 1.165) is 11.1 Å². The molecule has 0 heterocycles. The highest BCUT2D eigenvalue weighted by Gasteiger charge is 2.28. The molecule has 0 bridgehead atoms. The number of amides is 2. The first kappa shape index (κ1) is 25.6. The Balaban J connectivity index is 2.09. The monoisotopic (exact) mass is 480 g/mol. The molecule has 0 saturated heterocycles. The average molecular weight is 481 g/mol. The minimum Gasteiger partial charge on any atom is -0.354 e. The predicted octanol–water partition coefficient (Wildman–Crippen LogP) is 5.81. The summed E-state index contributed by atoms with van der Waals surface area (Å²) in [6.07, 6.45) is 0.556. The van der Waals surface area contributed by atoms with Gasteiger partial charge in [0.05, 0.1) is 15.8 Å². The first-order chi connectivity index (χ1) is 14.8. The summed E-state index contributed by atoms with van der Waals surface area (Å²) in [4.78, 5) is 27.7. The fourth-order valence-electron chi connectivity index (χ4n) is 3.09. The SMILES string of the molecule is CC[C@H](C(=O)NCC(C)C)N(Cc1ccccc1)C(=O)CSCc1ccc(Cl)c(Cl)c1. The Morgan fingerprint density at radius 2 is 1.74 bits per heavy atom. The molecule has 0 saturated carbocycles. The van der Waals surface area contributed by atoms with E-state index in [9.17, 15) is 9.59 Å². The zero-order valence-electron chi connectivity index (χ0n) is 18.2. The topological polar surface area (TPSA) is 49.4 Å². The molecule has 0 radical (unpaired) electrons. The van der Waals surface area contributed by atoms with Crippen LogP contribution in [0.25, 0.3) is 0 Å². The highest BCUT2D eigenvalue weighted by molar-refractivity contribution is 7.99.